The Kier molecular flexibility index (Phi) is 7.25. The first kappa shape index (κ1) is 21.1. The zero-order chi connectivity index (χ0) is 20.7. The van der Waals surface area contributed by atoms with Crippen molar-refractivity contribution in [1.29, 1.82) is 0 Å². The molecule has 2 N–H and O–H groups in total. The minimum atomic E-state index is -1.69. The topological polar surface area (TPSA) is 76.7 Å². The van der Waals surface area contributed by atoms with Crippen LogP contribution in [0.4, 0.5) is 18.9 Å². The Morgan fingerprint density at radius 1 is 0.929 bits per heavy atom. The van der Waals surface area contributed by atoms with Crippen LogP contribution in [0.1, 0.15) is 24.2 Å². The molecule has 0 fully saturated rings. The Balaban J connectivity index is 2.00. The lowest BCUT2D eigenvalue weighted by Crippen LogP contribution is -2.33. The second-order valence-corrected chi connectivity index (χ2v) is 5.48. The molecule has 28 heavy (non-hydrogen) atoms. The molecule has 0 saturated carbocycles. The number of carbonyl (C=O) groups excluding carboxylic acids is 2. The zero-order valence-electron chi connectivity index (χ0n) is 15.3. The number of benzene rings is 2. The predicted octanol–water partition coefficient (Wildman–Crippen LogP) is 3.27. The van der Waals surface area contributed by atoms with E-state index in [1.165, 1.54) is 12.1 Å². The molecule has 0 atom stereocenters. The van der Waals surface area contributed by atoms with E-state index in [1.807, 2.05) is 6.92 Å². The molecule has 0 aliphatic carbocycles. The SMILES string of the molecule is CCOc1ccc(C(=O)NCC(=O)Nc2ccc(F)c(F)c2F)cc1OCC. The molecule has 0 aromatic heterocycles. The zero-order valence-corrected chi connectivity index (χ0v) is 15.3. The third kappa shape index (κ3) is 5.15. The standard InChI is InChI=1S/C19H19F3N2O4/c1-3-27-14-8-5-11(9-15(14)28-4-2)19(26)23-10-16(25)24-13-7-6-12(20)17(21)18(13)22/h5-9H,3-4,10H2,1-2H3,(H,23,26)(H,24,25). The Bertz CT molecular complexity index is 874. The summed E-state index contributed by atoms with van der Waals surface area (Å²) < 4.78 is 50.5. The van der Waals surface area contributed by atoms with E-state index in [-0.39, 0.29) is 5.56 Å². The van der Waals surface area contributed by atoms with Crippen molar-refractivity contribution in [3.05, 3.63) is 53.3 Å². The van der Waals surface area contributed by atoms with Gasteiger partial charge in [0.05, 0.1) is 25.4 Å². The van der Waals surface area contributed by atoms with Crippen LogP contribution in [0.15, 0.2) is 30.3 Å². The van der Waals surface area contributed by atoms with Crippen LogP contribution in [0.3, 0.4) is 0 Å². The molecule has 0 aliphatic rings. The third-order valence-corrected chi connectivity index (χ3v) is 3.52. The molecule has 9 heteroatoms. The van der Waals surface area contributed by atoms with Crippen molar-refractivity contribution >= 4 is 17.5 Å². The van der Waals surface area contributed by atoms with Crippen LogP contribution in [-0.2, 0) is 4.79 Å². The third-order valence-electron chi connectivity index (χ3n) is 3.52. The maximum absolute atomic E-state index is 13.6. The maximum atomic E-state index is 13.6. The lowest BCUT2D eigenvalue weighted by atomic mass is 10.2. The minimum absolute atomic E-state index is 0.221. The molecular formula is C19H19F3N2O4. The van der Waals surface area contributed by atoms with Crippen LogP contribution >= 0.6 is 0 Å². The van der Waals surface area contributed by atoms with Gasteiger partial charge in [0, 0.05) is 5.56 Å². The quantitative estimate of drug-likeness (QED) is 0.672. The van der Waals surface area contributed by atoms with Crippen LogP contribution in [0.5, 0.6) is 11.5 Å². The Morgan fingerprint density at radius 2 is 1.61 bits per heavy atom. The number of hydrogen-bond donors (Lipinski definition) is 2. The Hall–Kier alpha value is -3.23. The molecule has 0 saturated heterocycles. The van der Waals surface area contributed by atoms with E-state index < -0.39 is 41.5 Å². The summed E-state index contributed by atoms with van der Waals surface area (Å²) >= 11 is 0. The average Bonchev–Trinajstić information content (AvgIpc) is 2.68. The lowest BCUT2D eigenvalue weighted by Gasteiger charge is -2.12. The largest absolute Gasteiger partial charge is 0.490 e. The van der Waals surface area contributed by atoms with Crippen LogP contribution in [0, 0.1) is 17.5 Å². The highest BCUT2D eigenvalue weighted by atomic mass is 19.2. The minimum Gasteiger partial charge on any atom is -0.490 e. The van der Waals surface area contributed by atoms with Crippen LogP contribution in [-0.4, -0.2) is 31.6 Å². The fourth-order valence-electron chi connectivity index (χ4n) is 2.27. The Labute approximate surface area is 159 Å². The van der Waals surface area contributed by atoms with E-state index in [9.17, 15) is 22.8 Å². The molecule has 0 aliphatic heterocycles. The number of amides is 2. The summed E-state index contributed by atoms with van der Waals surface area (Å²) in [5, 5.41) is 4.41. The number of hydrogen-bond acceptors (Lipinski definition) is 4. The van der Waals surface area contributed by atoms with Crippen molar-refractivity contribution in [3.8, 4) is 11.5 Å². The number of halogens is 3. The second kappa shape index (κ2) is 9.63. The fraction of sp³-hybridized carbons (Fsp3) is 0.263. The molecule has 6 nitrogen and oxygen atoms in total. The normalized spacial score (nSPS) is 10.3. The van der Waals surface area contributed by atoms with Crippen LogP contribution in [0.25, 0.3) is 0 Å². The fourth-order valence-corrected chi connectivity index (χ4v) is 2.27. The smallest absolute Gasteiger partial charge is 0.251 e. The maximum Gasteiger partial charge on any atom is 0.251 e. The van der Waals surface area contributed by atoms with Gasteiger partial charge in [-0.05, 0) is 44.2 Å². The molecule has 0 heterocycles. The first-order chi connectivity index (χ1) is 13.4. The van der Waals surface area contributed by atoms with Gasteiger partial charge in [-0.25, -0.2) is 13.2 Å². The van der Waals surface area contributed by atoms with E-state index in [1.54, 1.807) is 13.0 Å². The van der Waals surface area contributed by atoms with Gasteiger partial charge in [-0.2, -0.15) is 0 Å². The highest BCUT2D eigenvalue weighted by Crippen LogP contribution is 2.28. The monoisotopic (exact) mass is 396 g/mol. The summed E-state index contributed by atoms with van der Waals surface area (Å²) in [4.78, 5) is 24.1. The summed E-state index contributed by atoms with van der Waals surface area (Å²) in [5.74, 6) is -5.12. The predicted molar refractivity (Wildman–Crippen MR) is 96.1 cm³/mol. The summed E-state index contributed by atoms with van der Waals surface area (Å²) in [7, 11) is 0. The Morgan fingerprint density at radius 3 is 2.29 bits per heavy atom. The number of ether oxygens (including phenoxy) is 2. The van der Waals surface area contributed by atoms with Gasteiger partial charge < -0.3 is 20.1 Å². The summed E-state index contributed by atoms with van der Waals surface area (Å²) in [5.41, 5.74) is -0.309. The number of nitrogens with one attached hydrogen (secondary N) is 2. The molecular weight excluding hydrogens is 377 g/mol. The van der Waals surface area contributed by atoms with Gasteiger partial charge in [-0.1, -0.05) is 0 Å². The van der Waals surface area contributed by atoms with Crippen LogP contribution < -0.4 is 20.1 Å². The first-order valence-corrected chi connectivity index (χ1v) is 8.48. The highest BCUT2D eigenvalue weighted by molar-refractivity contribution is 5.99. The molecule has 150 valence electrons. The van der Waals surface area contributed by atoms with Gasteiger partial charge in [-0.15, -0.1) is 0 Å². The molecule has 2 amide bonds. The molecule has 2 rings (SSSR count). The van der Waals surface area contributed by atoms with Gasteiger partial charge >= 0.3 is 0 Å². The number of anilines is 1. The average molecular weight is 396 g/mol. The second-order valence-electron chi connectivity index (χ2n) is 5.48. The van der Waals surface area contributed by atoms with Gasteiger partial charge in [0.2, 0.25) is 5.91 Å². The summed E-state index contributed by atoms with van der Waals surface area (Å²) in [6.07, 6.45) is 0. The molecule has 0 unspecified atom stereocenters. The molecule has 2 aromatic rings. The van der Waals surface area contributed by atoms with E-state index in [4.69, 9.17) is 9.47 Å². The van der Waals surface area contributed by atoms with E-state index in [0.717, 1.165) is 6.07 Å². The van der Waals surface area contributed by atoms with Crippen molar-refractivity contribution < 1.29 is 32.2 Å². The summed E-state index contributed by atoms with van der Waals surface area (Å²) in [6, 6.07) is 6.10. The van der Waals surface area contributed by atoms with Gasteiger partial charge in [0.1, 0.15) is 0 Å². The van der Waals surface area contributed by atoms with E-state index >= 15 is 0 Å². The van der Waals surface area contributed by atoms with Gasteiger partial charge in [0.15, 0.2) is 29.0 Å². The van der Waals surface area contributed by atoms with Crippen molar-refractivity contribution in [2.24, 2.45) is 0 Å². The van der Waals surface area contributed by atoms with Crippen LogP contribution in [0.2, 0.25) is 0 Å². The molecule has 0 radical (unpaired) electrons. The van der Waals surface area contributed by atoms with Gasteiger partial charge in [-0.3, -0.25) is 9.59 Å². The van der Waals surface area contributed by atoms with Gasteiger partial charge in [0.25, 0.3) is 5.91 Å². The molecule has 2 aromatic carbocycles. The van der Waals surface area contributed by atoms with E-state index in [2.05, 4.69) is 10.6 Å². The molecule has 0 bridgehead atoms. The van der Waals surface area contributed by atoms with Crippen molar-refractivity contribution in [1.82, 2.24) is 5.32 Å². The number of carbonyl (C=O) groups is 2. The van der Waals surface area contributed by atoms with Crippen molar-refractivity contribution in [3.63, 3.8) is 0 Å². The lowest BCUT2D eigenvalue weighted by molar-refractivity contribution is -0.115. The van der Waals surface area contributed by atoms with Crippen molar-refractivity contribution in [2.75, 3.05) is 25.1 Å². The van der Waals surface area contributed by atoms with E-state index in [0.29, 0.717) is 30.8 Å². The van der Waals surface area contributed by atoms with Crippen molar-refractivity contribution in [2.45, 2.75) is 13.8 Å². The first-order valence-electron chi connectivity index (χ1n) is 8.48. The molecule has 0 spiro atoms. The number of rotatable bonds is 8. The highest BCUT2D eigenvalue weighted by Gasteiger charge is 2.16. The summed E-state index contributed by atoms with van der Waals surface area (Å²) in [6.45, 7) is 3.88.